The summed E-state index contributed by atoms with van der Waals surface area (Å²) in [6.45, 7) is 5.11. The van der Waals surface area contributed by atoms with Crippen LogP contribution in [-0.4, -0.2) is 36.3 Å². The number of nitrogens with one attached hydrogen (secondary N) is 1. The fourth-order valence-corrected chi connectivity index (χ4v) is 3.42. The molecule has 1 atom stereocenters. The van der Waals surface area contributed by atoms with Crippen LogP contribution in [0.1, 0.15) is 49.2 Å². The van der Waals surface area contributed by atoms with Crippen molar-refractivity contribution in [3.63, 3.8) is 0 Å². The molecular formula is C14H22N2O3S. The molecule has 112 valence electrons. The molecule has 6 heteroatoms. The van der Waals surface area contributed by atoms with Gasteiger partial charge in [-0.3, -0.25) is 0 Å². The lowest BCUT2D eigenvalue weighted by Crippen LogP contribution is -2.43. The number of aromatic nitrogens is 1. The second-order valence-electron chi connectivity index (χ2n) is 5.09. The van der Waals surface area contributed by atoms with Crippen molar-refractivity contribution in [3.05, 3.63) is 11.1 Å². The lowest BCUT2D eigenvalue weighted by atomic mass is 9.86. The molecule has 0 aromatic carbocycles. The van der Waals surface area contributed by atoms with E-state index < -0.39 is 0 Å². The molecule has 1 saturated heterocycles. The molecule has 1 aromatic rings. The lowest BCUT2D eigenvalue weighted by Gasteiger charge is -2.40. The van der Waals surface area contributed by atoms with E-state index in [9.17, 15) is 4.79 Å². The monoisotopic (exact) mass is 298 g/mol. The second-order valence-corrected chi connectivity index (χ2v) is 6.12. The van der Waals surface area contributed by atoms with E-state index in [1.807, 2.05) is 0 Å². The summed E-state index contributed by atoms with van der Waals surface area (Å²) in [6.07, 6.45) is 5.55. The van der Waals surface area contributed by atoms with E-state index in [0.29, 0.717) is 10.9 Å². The molecule has 1 aromatic heterocycles. The van der Waals surface area contributed by atoms with Crippen molar-refractivity contribution in [1.82, 2.24) is 4.98 Å². The summed E-state index contributed by atoms with van der Waals surface area (Å²) in [7, 11) is 1.38. The predicted octanol–water partition coefficient (Wildman–Crippen LogP) is 3.08. The van der Waals surface area contributed by atoms with E-state index in [0.717, 1.165) is 37.4 Å². The zero-order chi connectivity index (χ0) is 14.6. The summed E-state index contributed by atoms with van der Waals surface area (Å²) in [5.41, 5.74) is -0.0155. The van der Waals surface area contributed by atoms with Gasteiger partial charge in [0.15, 0.2) is 5.13 Å². The Bertz CT molecular complexity index is 457. The SMILES string of the molecule is CCC1(CC)CC(Nc2ncc(C(=O)OC)s2)CCO1. The van der Waals surface area contributed by atoms with Gasteiger partial charge in [-0.2, -0.15) is 0 Å². The number of hydrogen-bond donors (Lipinski definition) is 1. The van der Waals surface area contributed by atoms with Crippen molar-refractivity contribution in [2.24, 2.45) is 0 Å². The summed E-state index contributed by atoms with van der Waals surface area (Å²) >= 11 is 1.34. The van der Waals surface area contributed by atoms with Gasteiger partial charge in [0.05, 0.1) is 18.9 Å². The van der Waals surface area contributed by atoms with Gasteiger partial charge < -0.3 is 14.8 Å². The Labute approximate surface area is 123 Å². The summed E-state index contributed by atoms with van der Waals surface area (Å²) in [6, 6.07) is 0.347. The number of carbonyl (C=O) groups is 1. The van der Waals surface area contributed by atoms with Gasteiger partial charge in [-0.05, 0) is 25.7 Å². The Morgan fingerprint density at radius 1 is 1.60 bits per heavy atom. The van der Waals surface area contributed by atoms with Gasteiger partial charge >= 0.3 is 5.97 Å². The second kappa shape index (κ2) is 6.54. The number of anilines is 1. The van der Waals surface area contributed by atoms with Crippen LogP contribution in [0.3, 0.4) is 0 Å². The highest BCUT2D eigenvalue weighted by Gasteiger charge is 2.34. The van der Waals surface area contributed by atoms with Crippen LogP contribution in [0, 0.1) is 0 Å². The summed E-state index contributed by atoms with van der Waals surface area (Å²) in [5, 5.41) is 4.20. The summed E-state index contributed by atoms with van der Waals surface area (Å²) < 4.78 is 10.7. The number of nitrogens with zero attached hydrogens (tertiary/aromatic N) is 1. The number of carbonyl (C=O) groups excluding carboxylic acids is 1. The highest BCUT2D eigenvalue weighted by Crippen LogP contribution is 2.33. The normalized spacial score (nSPS) is 21.4. The molecule has 2 heterocycles. The molecule has 20 heavy (non-hydrogen) atoms. The molecule has 0 spiro atoms. The largest absolute Gasteiger partial charge is 0.465 e. The van der Waals surface area contributed by atoms with Crippen LogP contribution in [0.4, 0.5) is 5.13 Å². The van der Waals surface area contributed by atoms with Crippen LogP contribution < -0.4 is 5.32 Å². The van der Waals surface area contributed by atoms with E-state index >= 15 is 0 Å². The maximum Gasteiger partial charge on any atom is 0.349 e. The van der Waals surface area contributed by atoms with Gasteiger partial charge in [-0.1, -0.05) is 25.2 Å². The first-order valence-electron chi connectivity index (χ1n) is 7.07. The van der Waals surface area contributed by atoms with E-state index in [1.165, 1.54) is 18.4 Å². The average Bonchev–Trinajstić information content (AvgIpc) is 2.95. The third-order valence-corrected chi connectivity index (χ3v) is 4.91. The molecule has 5 nitrogen and oxygen atoms in total. The Kier molecular flexibility index (Phi) is 4.99. The maximum atomic E-state index is 11.4. The minimum atomic E-state index is -0.334. The first-order chi connectivity index (χ1) is 9.62. The van der Waals surface area contributed by atoms with Crippen LogP contribution >= 0.6 is 11.3 Å². The minimum Gasteiger partial charge on any atom is -0.465 e. The molecule has 0 radical (unpaired) electrons. The van der Waals surface area contributed by atoms with Crippen molar-refractivity contribution in [3.8, 4) is 0 Å². The lowest BCUT2D eigenvalue weighted by molar-refractivity contribution is -0.0864. The number of hydrogen-bond acceptors (Lipinski definition) is 6. The average molecular weight is 298 g/mol. The smallest absolute Gasteiger partial charge is 0.349 e. The van der Waals surface area contributed by atoms with Crippen LogP contribution in [0.2, 0.25) is 0 Å². The first kappa shape index (κ1) is 15.3. The Balaban J connectivity index is 1.99. The first-order valence-corrected chi connectivity index (χ1v) is 7.88. The van der Waals surface area contributed by atoms with E-state index in [4.69, 9.17) is 9.47 Å². The van der Waals surface area contributed by atoms with Crippen molar-refractivity contribution >= 4 is 22.4 Å². The van der Waals surface area contributed by atoms with Crippen LogP contribution in [-0.2, 0) is 9.47 Å². The van der Waals surface area contributed by atoms with E-state index in [1.54, 1.807) is 6.20 Å². The molecule has 1 N–H and O–H groups in total. The summed E-state index contributed by atoms with van der Waals surface area (Å²) in [5.74, 6) is -0.334. The highest BCUT2D eigenvalue weighted by molar-refractivity contribution is 7.17. The molecule has 1 fully saturated rings. The van der Waals surface area contributed by atoms with Gasteiger partial charge in [-0.25, -0.2) is 9.78 Å². The quantitative estimate of drug-likeness (QED) is 0.846. The van der Waals surface area contributed by atoms with Gasteiger partial charge in [0.2, 0.25) is 0 Å². The van der Waals surface area contributed by atoms with Crippen LogP contribution in [0.25, 0.3) is 0 Å². The van der Waals surface area contributed by atoms with Gasteiger partial charge in [-0.15, -0.1) is 0 Å². The number of ether oxygens (including phenoxy) is 2. The minimum absolute atomic E-state index is 0.0155. The van der Waals surface area contributed by atoms with Crippen molar-refractivity contribution in [2.75, 3.05) is 19.0 Å². The molecule has 0 saturated carbocycles. The molecule has 1 unspecified atom stereocenters. The van der Waals surface area contributed by atoms with Gasteiger partial charge in [0.1, 0.15) is 4.88 Å². The topological polar surface area (TPSA) is 60.5 Å². The zero-order valence-corrected chi connectivity index (χ0v) is 13.1. The predicted molar refractivity (Wildman–Crippen MR) is 79.4 cm³/mol. The third-order valence-electron chi connectivity index (χ3n) is 4.00. The molecular weight excluding hydrogens is 276 g/mol. The molecule has 0 aliphatic carbocycles. The number of methoxy groups -OCH3 is 1. The van der Waals surface area contributed by atoms with Gasteiger partial charge in [0, 0.05) is 12.6 Å². The molecule has 0 amide bonds. The van der Waals surface area contributed by atoms with Gasteiger partial charge in [0.25, 0.3) is 0 Å². The fourth-order valence-electron chi connectivity index (χ4n) is 2.60. The zero-order valence-electron chi connectivity index (χ0n) is 12.3. The highest BCUT2D eigenvalue weighted by atomic mass is 32.1. The molecule has 0 bridgehead atoms. The van der Waals surface area contributed by atoms with Crippen LogP contribution in [0.5, 0.6) is 0 Å². The van der Waals surface area contributed by atoms with Crippen molar-refractivity contribution < 1.29 is 14.3 Å². The Hall–Kier alpha value is -1.14. The van der Waals surface area contributed by atoms with Crippen LogP contribution in [0.15, 0.2) is 6.20 Å². The van der Waals surface area contributed by atoms with E-state index in [-0.39, 0.29) is 11.6 Å². The standard InChI is InChI=1S/C14H22N2O3S/c1-4-14(5-2)8-10(6-7-19-14)16-13-15-9-11(20-13)12(17)18-3/h9-10H,4-8H2,1-3H3,(H,15,16). The molecule has 2 rings (SSSR count). The summed E-state index contributed by atoms with van der Waals surface area (Å²) in [4.78, 5) is 16.2. The number of esters is 1. The van der Waals surface area contributed by atoms with E-state index in [2.05, 4.69) is 24.1 Å². The third kappa shape index (κ3) is 3.30. The molecule has 1 aliphatic rings. The van der Waals surface area contributed by atoms with Crippen molar-refractivity contribution in [2.45, 2.75) is 51.2 Å². The Morgan fingerprint density at radius 2 is 2.35 bits per heavy atom. The number of rotatable bonds is 5. The number of thiazole rings is 1. The Morgan fingerprint density at radius 3 is 3.00 bits per heavy atom. The maximum absolute atomic E-state index is 11.4. The fraction of sp³-hybridized carbons (Fsp3) is 0.714. The van der Waals surface area contributed by atoms with Crippen molar-refractivity contribution in [1.29, 1.82) is 0 Å². The molecule has 1 aliphatic heterocycles.